The third kappa shape index (κ3) is 5.27. The van der Waals surface area contributed by atoms with Gasteiger partial charge in [0.1, 0.15) is 0 Å². The summed E-state index contributed by atoms with van der Waals surface area (Å²) in [5.74, 6) is 3.23. The van der Waals surface area contributed by atoms with Crippen LogP contribution in [0.4, 0.5) is 5.69 Å². The summed E-state index contributed by atoms with van der Waals surface area (Å²) in [5.41, 5.74) is 2.67. The largest absolute Gasteiger partial charge is 0.265 e. The topological polar surface area (TPSA) is 37.4 Å². The highest BCUT2D eigenvalue weighted by Crippen LogP contribution is 2.31. The zero-order valence-corrected chi connectivity index (χ0v) is 19.0. The molecule has 0 aliphatic carbocycles. The standard InChI is InChI=1S/C25H25NO2S2/c1-20(2)24-12-7-8-13-25(24)26(18-9-19-29-22-10-5-4-6-11-22)30(27,28)23-16-14-21(3)15-17-23/h4-8,10-17,20H,18H2,1-3H3. The van der Waals surface area contributed by atoms with Crippen molar-refractivity contribution < 1.29 is 8.42 Å². The van der Waals surface area contributed by atoms with E-state index in [1.807, 2.05) is 73.7 Å². The number of thioether (sulfide) groups is 1. The van der Waals surface area contributed by atoms with Crippen LogP contribution in [0.1, 0.15) is 30.9 Å². The van der Waals surface area contributed by atoms with Crippen LogP contribution < -0.4 is 4.31 Å². The Morgan fingerprint density at radius 3 is 2.20 bits per heavy atom. The van der Waals surface area contributed by atoms with Gasteiger partial charge in [-0.25, -0.2) is 8.42 Å². The number of aryl methyl sites for hydroxylation is 1. The molecule has 5 heteroatoms. The average molecular weight is 436 g/mol. The lowest BCUT2D eigenvalue weighted by Gasteiger charge is -2.26. The maximum absolute atomic E-state index is 13.5. The van der Waals surface area contributed by atoms with Gasteiger partial charge in [-0.1, -0.05) is 73.9 Å². The number of para-hydroxylation sites is 1. The first-order valence-electron chi connectivity index (χ1n) is 9.77. The first-order chi connectivity index (χ1) is 14.4. The lowest BCUT2D eigenvalue weighted by molar-refractivity contribution is 0.593. The van der Waals surface area contributed by atoms with Crippen molar-refractivity contribution >= 4 is 27.5 Å². The molecule has 30 heavy (non-hydrogen) atoms. The Hall–Kier alpha value is -2.68. The number of rotatable bonds is 6. The van der Waals surface area contributed by atoms with Gasteiger partial charge in [0, 0.05) is 4.90 Å². The first kappa shape index (κ1) is 22.0. The van der Waals surface area contributed by atoms with Gasteiger partial charge in [-0.05, 0) is 65.8 Å². The predicted molar refractivity (Wildman–Crippen MR) is 126 cm³/mol. The van der Waals surface area contributed by atoms with E-state index in [0.29, 0.717) is 5.69 Å². The Morgan fingerprint density at radius 1 is 0.900 bits per heavy atom. The summed E-state index contributed by atoms with van der Waals surface area (Å²) < 4.78 is 28.5. The number of anilines is 1. The summed E-state index contributed by atoms with van der Waals surface area (Å²) in [6.45, 7) is 6.15. The van der Waals surface area contributed by atoms with E-state index in [1.165, 1.54) is 16.1 Å². The fraction of sp³-hybridized carbons (Fsp3) is 0.200. The fourth-order valence-electron chi connectivity index (χ4n) is 3.03. The van der Waals surface area contributed by atoms with Crippen molar-refractivity contribution in [3.05, 3.63) is 90.0 Å². The van der Waals surface area contributed by atoms with E-state index < -0.39 is 10.0 Å². The molecule has 3 aromatic rings. The van der Waals surface area contributed by atoms with Crippen LogP contribution in [0, 0.1) is 18.1 Å². The smallest absolute Gasteiger partial charge is 0.254 e. The van der Waals surface area contributed by atoms with Crippen molar-refractivity contribution in [2.45, 2.75) is 36.5 Å². The molecule has 0 saturated carbocycles. The van der Waals surface area contributed by atoms with E-state index in [-0.39, 0.29) is 17.4 Å². The molecule has 3 rings (SSSR count). The van der Waals surface area contributed by atoms with E-state index in [4.69, 9.17) is 0 Å². The molecule has 0 bridgehead atoms. The van der Waals surface area contributed by atoms with Crippen molar-refractivity contribution in [2.24, 2.45) is 0 Å². The van der Waals surface area contributed by atoms with Crippen molar-refractivity contribution in [2.75, 3.05) is 10.8 Å². The fourth-order valence-corrected chi connectivity index (χ4v) is 4.97. The molecule has 154 valence electrons. The lowest BCUT2D eigenvalue weighted by atomic mass is 10.0. The van der Waals surface area contributed by atoms with Gasteiger partial charge < -0.3 is 0 Å². The van der Waals surface area contributed by atoms with Crippen LogP contribution in [0.15, 0.2) is 88.7 Å². The summed E-state index contributed by atoms with van der Waals surface area (Å²) in [6.07, 6.45) is 0. The van der Waals surface area contributed by atoms with Crippen LogP contribution in [-0.4, -0.2) is 15.0 Å². The number of sulfonamides is 1. The minimum Gasteiger partial charge on any atom is -0.254 e. The Labute approximate surface area is 184 Å². The van der Waals surface area contributed by atoms with Gasteiger partial charge in [-0.2, -0.15) is 0 Å². The van der Waals surface area contributed by atoms with Gasteiger partial charge >= 0.3 is 0 Å². The molecule has 0 aliphatic heterocycles. The lowest BCUT2D eigenvalue weighted by Crippen LogP contribution is -2.32. The van der Waals surface area contributed by atoms with E-state index in [1.54, 1.807) is 12.1 Å². The second-order valence-electron chi connectivity index (χ2n) is 7.23. The molecule has 3 nitrogen and oxygen atoms in total. The van der Waals surface area contributed by atoms with Crippen LogP contribution in [-0.2, 0) is 10.0 Å². The van der Waals surface area contributed by atoms with Crippen molar-refractivity contribution in [1.82, 2.24) is 0 Å². The van der Waals surface area contributed by atoms with E-state index in [2.05, 4.69) is 25.0 Å². The second kappa shape index (κ2) is 9.88. The normalized spacial score (nSPS) is 11.1. The molecular weight excluding hydrogens is 410 g/mol. The first-order valence-corrected chi connectivity index (χ1v) is 12.0. The van der Waals surface area contributed by atoms with Crippen LogP contribution >= 0.6 is 11.8 Å². The molecule has 0 spiro atoms. The van der Waals surface area contributed by atoms with Gasteiger partial charge in [0.25, 0.3) is 10.0 Å². The predicted octanol–water partition coefficient (Wildman–Crippen LogP) is 6.07. The molecule has 0 saturated heterocycles. The molecule has 0 unspecified atom stereocenters. The minimum atomic E-state index is -3.75. The highest BCUT2D eigenvalue weighted by molar-refractivity contribution is 8.04. The average Bonchev–Trinajstić information content (AvgIpc) is 2.74. The highest BCUT2D eigenvalue weighted by atomic mass is 32.2. The Balaban J connectivity index is 1.98. The molecule has 0 radical (unpaired) electrons. The molecule has 0 atom stereocenters. The molecule has 0 N–H and O–H groups in total. The zero-order valence-electron chi connectivity index (χ0n) is 17.4. The number of hydrogen-bond donors (Lipinski definition) is 0. The minimum absolute atomic E-state index is 0.0831. The second-order valence-corrected chi connectivity index (χ2v) is 9.97. The quantitative estimate of drug-likeness (QED) is 0.348. The molecular formula is C25H25NO2S2. The SMILES string of the molecule is Cc1ccc(S(=O)(=O)N(CC#CSc2ccccc2)c2ccccc2C(C)C)cc1. The van der Waals surface area contributed by atoms with Gasteiger partial charge in [0.15, 0.2) is 0 Å². The van der Waals surface area contributed by atoms with Crippen LogP contribution in [0.3, 0.4) is 0 Å². The summed E-state index contributed by atoms with van der Waals surface area (Å²) in [4.78, 5) is 1.30. The van der Waals surface area contributed by atoms with Gasteiger partial charge in [-0.3, -0.25) is 4.31 Å². The Kier molecular flexibility index (Phi) is 7.25. The molecule has 0 fully saturated rings. The zero-order chi connectivity index (χ0) is 21.6. The van der Waals surface area contributed by atoms with Crippen LogP contribution in [0.2, 0.25) is 0 Å². The van der Waals surface area contributed by atoms with E-state index in [0.717, 1.165) is 16.0 Å². The Morgan fingerprint density at radius 2 is 1.53 bits per heavy atom. The monoisotopic (exact) mass is 435 g/mol. The molecule has 0 heterocycles. The van der Waals surface area contributed by atoms with Crippen LogP contribution in [0.5, 0.6) is 0 Å². The number of hydrogen-bond acceptors (Lipinski definition) is 3. The molecule has 3 aromatic carbocycles. The number of nitrogens with zero attached hydrogens (tertiary/aromatic N) is 1. The summed E-state index contributed by atoms with van der Waals surface area (Å²) >= 11 is 1.39. The summed E-state index contributed by atoms with van der Waals surface area (Å²) in [7, 11) is -3.75. The van der Waals surface area contributed by atoms with Gasteiger partial charge in [0.05, 0.1) is 17.1 Å². The van der Waals surface area contributed by atoms with Gasteiger partial charge in [-0.15, -0.1) is 0 Å². The molecule has 0 amide bonds. The van der Waals surface area contributed by atoms with Crippen molar-refractivity contribution in [3.63, 3.8) is 0 Å². The third-order valence-electron chi connectivity index (χ3n) is 4.64. The summed E-state index contributed by atoms with van der Waals surface area (Å²) in [6, 6.07) is 24.4. The van der Waals surface area contributed by atoms with E-state index in [9.17, 15) is 8.42 Å². The third-order valence-corrected chi connectivity index (χ3v) is 7.17. The van der Waals surface area contributed by atoms with Crippen molar-refractivity contribution in [3.8, 4) is 11.2 Å². The molecule has 0 aromatic heterocycles. The van der Waals surface area contributed by atoms with E-state index >= 15 is 0 Å². The van der Waals surface area contributed by atoms with Gasteiger partial charge in [0.2, 0.25) is 0 Å². The maximum Gasteiger partial charge on any atom is 0.265 e. The van der Waals surface area contributed by atoms with Crippen LogP contribution in [0.25, 0.3) is 0 Å². The van der Waals surface area contributed by atoms with Crippen molar-refractivity contribution in [1.29, 1.82) is 0 Å². The number of benzene rings is 3. The highest BCUT2D eigenvalue weighted by Gasteiger charge is 2.26. The summed E-state index contributed by atoms with van der Waals surface area (Å²) in [5, 5.41) is 3.04. The maximum atomic E-state index is 13.5. The Bertz CT molecular complexity index is 1140. The molecule has 0 aliphatic rings.